The van der Waals surface area contributed by atoms with Crippen LogP contribution in [0.5, 0.6) is 11.6 Å². The molecule has 1 aromatic heterocycles. The molecule has 0 radical (unpaired) electrons. The van der Waals surface area contributed by atoms with E-state index in [0.717, 1.165) is 27.8 Å². The molecule has 0 fully saturated rings. The van der Waals surface area contributed by atoms with Crippen LogP contribution in [0, 0.1) is 13.8 Å². The molecule has 3 aromatic rings. The van der Waals surface area contributed by atoms with Gasteiger partial charge in [0.1, 0.15) is 12.1 Å². The van der Waals surface area contributed by atoms with Crippen LogP contribution in [-0.4, -0.2) is 9.97 Å². The lowest BCUT2D eigenvalue weighted by molar-refractivity contribution is 0.467. The van der Waals surface area contributed by atoms with E-state index in [4.69, 9.17) is 10.5 Å². The summed E-state index contributed by atoms with van der Waals surface area (Å²) in [7, 11) is 0. The number of ether oxygens (including phenoxy) is 1. The number of fused-ring (bicyclic) bond motifs is 1. The number of nitrogens with zero attached hydrogens (tertiary/aromatic N) is 2. The lowest BCUT2D eigenvalue weighted by Crippen LogP contribution is -1.93. The number of nitrogens with two attached hydrogens (primary N) is 1. The Labute approximate surface area is 117 Å². The van der Waals surface area contributed by atoms with Gasteiger partial charge in [0.25, 0.3) is 0 Å². The second kappa shape index (κ2) is 4.81. The van der Waals surface area contributed by atoms with Gasteiger partial charge in [-0.2, -0.15) is 0 Å². The van der Waals surface area contributed by atoms with Crippen molar-refractivity contribution in [1.29, 1.82) is 0 Å². The zero-order valence-corrected chi connectivity index (χ0v) is 11.4. The van der Waals surface area contributed by atoms with Crippen molar-refractivity contribution in [1.82, 2.24) is 9.97 Å². The monoisotopic (exact) mass is 265 g/mol. The Balaban J connectivity index is 2.06. The van der Waals surface area contributed by atoms with Gasteiger partial charge in [-0.25, -0.2) is 9.97 Å². The topological polar surface area (TPSA) is 61.0 Å². The number of hydrogen-bond acceptors (Lipinski definition) is 4. The van der Waals surface area contributed by atoms with Gasteiger partial charge in [0.05, 0.1) is 10.9 Å². The van der Waals surface area contributed by atoms with Crippen LogP contribution < -0.4 is 10.5 Å². The molecule has 0 atom stereocenters. The molecular weight excluding hydrogens is 250 g/mol. The van der Waals surface area contributed by atoms with Crippen molar-refractivity contribution >= 4 is 16.6 Å². The van der Waals surface area contributed by atoms with Crippen molar-refractivity contribution in [3.05, 3.63) is 53.9 Å². The van der Waals surface area contributed by atoms with E-state index in [-0.39, 0.29) is 0 Å². The molecule has 2 N–H and O–H groups in total. The molecule has 1 heterocycles. The Bertz CT molecular complexity index is 764. The SMILES string of the molecule is Cc1cc(C)cc(Oc2ncnc3cc(N)ccc23)c1. The largest absolute Gasteiger partial charge is 0.438 e. The third kappa shape index (κ3) is 2.40. The Morgan fingerprint density at radius 1 is 0.950 bits per heavy atom. The molecule has 0 saturated heterocycles. The maximum Gasteiger partial charge on any atom is 0.230 e. The summed E-state index contributed by atoms with van der Waals surface area (Å²) in [5.74, 6) is 1.32. The van der Waals surface area contributed by atoms with Crippen LogP contribution in [0.15, 0.2) is 42.7 Å². The summed E-state index contributed by atoms with van der Waals surface area (Å²) in [6.45, 7) is 4.08. The summed E-state index contributed by atoms with van der Waals surface area (Å²) in [6, 6.07) is 11.6. The van der Waals surface area contributed by atoms with E-state index in [9.17, 15) is 0 Å². The summed E-state index contributed by atoms with van der Waals surface area (Å²) in [4.78, 5) is 8.43. The first-order valence-electron chi connectivity index (χ1n) is 6.38. The minimum Gasteiger partial charge on any atom is -0.438 e. The molecule has 0 amide bonds. The number of nitrogen functional groups attached to an aromatic ring is 1. The van der Waals surface area contributed by atoms with Gasteiger partial charge in [-0.05, 0) is 55.3 Å². The molecule has 2 aromatic carbocycles. The van der Waals surface area contributed by atoms with Crippen LogP contribution in [-0.2, 0) is 0 Å². The fourth-order valence-corrected chi connectivity index (χ4v) is 2.23. The third-order valence-electron chi connectivity index (χ3n) is 3.03. The fourth-order valence-electron chi connectivity index (χ4n) is 2.23. The first-order valence-corrected chi connectivity index (χ1v) is 6.38. The van der Waals surface area contributed by atoms with E-state index in [0.29, 0.717) is 11.6 Å². The summed E-state index contributed by atoms with van der Waals surface area (Å²) >= 11 is 0. The van der Waals surface area contributed by atoms with Gasteiger partial charge in [0.15, 0.2) is 0 Å². The third-order valence-corrected chi connectivity index (χ3v) is 3.03. The van der Waals surface area contributed by atoms with Crippen molar-refractivity contribution in [2.24, 2.45) is 0 Å². The molecule has 20 heavy (non-hydrogen) atoms. The highest BCUT2D eigenvalue weighted by Gasteiger charge is 2.07. The summed E-state index contributed by atoms with van der Waals surface area (Å²) in [5, 5.41) is 0.848. The Kier molecular flexibility index (Phi) is 2.99. The van der Waals surface area contributed by atoms with Gasteiger partial charge in [0.2, 0.25) is 5.88 Å². The maximum absolute atomic E-state index is 5.90. The number of aromatic nitrogens is 2. The van der Waals surface area contributed by atoms with Gasteiger partial charge >= 0.3 is 0 Å². The van der Waals surface area contributed by atoms with Crippen molar-refractivity contribution in [2.75, 3.05) is 5.73 Å². The number of hydrogen-bond donors (Lipinski definition) is 1. The lowest BCUT2D eigenvalue weighted by Gasteiger charge is -2.09. The minimum atomic E-state index is 0.542. The standard InChI is InChI=1S/C16H15N3O/c1-10-5-11(2)7-13(6-10)20-16-14-4-3-12(17)8-15(14)18-9-19-16/h3-9H,17H2,1-2H3. The molecule has 0 saturated carbocycles. The molecule has 0 aliphatic carbocycles. The van der Waals surface area contributed by atoms with Crippen LogP contribution in [0.25, 0.3) is 10.9 Å². The molecule has 0 spiro atoms. The first-order chi connectivity index (χ1) is 9.61. The van der Waals surface area contributed by atoms with Gasteiger partial charge in [-0.3, -0.25) is 0 Å². The summed E-state index contributed by atoms with van der Waals surface area (Å²) in [6.07, 6.45) is 1.49. The highest BCUT2D eigenvalue weighted by molar-refractivity contribution is 5.85. The number of aryl methyl sites for hydroxylation is 2. The number of anilines is 1. The molecule has 100 valence electrons. The van der Waals surface area contributed by atoms with Crippen molar-refractivity contribution in [3.8, 4) is 11.6 Å². The van der Waals surface area contributed by atoms with Crippen molar-refractivity contribution in [3.63, 3.8) is 0 Å². The Morgan fingerprint density at radius 2 is 1.70 bits per heavy atom. The second-order valence-corrected chi connectivity index (χ2v) is 4.88. The van der Waals surface area contributed by atoms with E-state index >= 15 is 0 Å². The van der Waals surface area contributed by atoms with Gasteiger partial charge in [0, 0.05) is 5.69 Å². The number of rotatable bonds is 2. The van der Waals surface area contributed by atoms with Crippen LogP contribution in [0.3, 0.4) is 0 Å². The van der Waals surface area contributed by atoms with Gasteiger partial charge in [-0.15, -0.1) is 0 Å². The molecule has 3 rings (SSSR count). The van der Waals surface area contributed by atoms with Crippen LogP contribution in [0.4, 0.5) is 5.69 Å². The predicted molar refractivity (Wildman–Crippen MR) is 79.9 cm³/mol. The average molecular weight is 265 g/mol. The van der Waals surface area contributed by atoms with Crippen LogP contribution in [0.1, 0.15) is 11.1 Å². The zero-order chi connectivity index (χ0) is 14.1. The molecular formula is C16H15N3O. The maximum atomic E-state index is 5.90. The second-order valence-electron chi connectivity index (χ2n) is 4.88. The average Bonchev–Trinajstić information content (AvgIpc) is 2.37. The Hall–Kier alpha value is -2.62. The summed E-state index contributed by atoms with van der Waals surface area (Å²) < 4.78 is 5.90. The molecule has 0 aliphatic heterocycles. The summed E-state index contributed by atoms with van der Waals surface area (Å²) in [5.41, 5.74) is 9.53. The molecule has 0 bridgehead atoms. The van der Waals surface area contributed by atoms with E-state index in [2.05, 4.69) is 16.0 Å². The molecule has 0 aliphatic rings. The van der Waals surface area contributed by atoms with Crippen molar-refractivity contribution in [2.45, 2.75) is 13.8 Å². The normalized spacial score (nSPS) is 10.7. The van der Waals surface area contributed by atoms with Crippen LogP contribution >= 0.6 is 0 Å². The van der Waals surface area contributed by atoms with E-state index in [1.54, 1.807) is 0 Å². The quantitative estimate of drug-likeness (QED) is 0.719. The fraction of sp³-hybridized carbons (Fsp3) is 0.125. The van der Waals surface area contributed by atoms with E-state index < -0.39 is 0 Å². The van der Waals surface area contributed by atoms with Gasteiger partial charge < -0.3 is 10.5 Å². The van der Waals surface area contributed by atoms with E-state index in [1.807, 2.05) is 44.2 Å². The lowest BCUT2D eigenvalue weighted by atomic mass is 10.1. The first kappa shape index (κ1) is 12.4. The van der Waals surface area contributed by atoms with Crippen molar-refractivity contribution < 1.29 is 4.74 Å². The molecule has 0 unspecified atom stereocenters. The predicted octanol–water partition coefficient (Wildman–Crippen LogP) is 3.62. The molecule has 4 heteroatoms. The smallest absolute Gasteiger partial charge is 0.230 e. The highest BCUT2D eigenvalue weighted by atomic mass is 16.5. The minimum absolute atomic E-state index is 0.542. The Morgan fingerprint density at radius 3 is 2.45 bits per heavy atom. The van der Waals surface area contributed by atoms with E-state index in [1.165, 1.54) is 6.33 Å². The molecule has 4 nitrogen and oxygen atoms in total. The van der Waals surface area contributed by atoms with Gasteiger partial charge in [-0.1, -0.05) is 6.07 Å². The van der Waals surface area contributed by atoms with Crippen LogP contribution in [0.2, 0.25) is 0 Å². The zero-order valence-electron chi connectivity index (χ0n) is 11.4. The number of benzene rings is 2. The highest BCUT2D eigenvalue weighted by Crippen LogP contribution is 2.28.